The smallest absolute Gasteiger partial charge is 0.233 e. The van der Waals surface area contributed by atoms with Crippen molar-refractivity contribution in [2.75, 3.05) is 29.0 Å². The second-order valence-electron chi connectivity index (χ2n) is 8.84. The maximum atomic E-state index is 14.0. The monoisotopic (exact) mass is 459 g/mol. The number of nitrogens with zero attached hydrogens (tertiary/aromatic N) is 3. The van der Waals surface area contributed by atoms with Gasteiger partial charge >= 0.3 is 0 Å². The van der Waals surface area contributed by atoms with Crippen LogP contribution in [0.2, 0.25) is 0 Å². The Labute approximate surface area is 195 Å². The van der Waals surface area contributed by atoms with Crippen LogP contribution in [0.15, 0.2) is 23.1 Å². The van der Waals surface area contributed by atoms with E-state index in [1.165, 1.54) is 44.6 Å². The molecule has 1 aromatic carbocycles. The van der Waals surface area contributed by atoms with Crippen LogP contribution >= 0.6 is 12.6 Å². The summed E-state index contributed by atoms with van der Waals surface area (Å²) in [6.45, 7) is 4.07. The molecule has 4 rings (SSSR count). The largest absolute Gasteiger partial charge is 0.354 e. The third kappa shape index (κ3) is 6.22. The first kappa shape index (κ1) is 23.0. The van der Waals surface area contributed by atoms with Gasteiger partial charge in [-0.2, -0.15) is 15.0 Å². The molecule has 32 heavy (non-hydrogen) atoms. The lowest BCUT2D eigenvalue weighted by Crippen LogP contribution is -2.40. The molecule has 4 N–H and O–H groups in total. The summed E-state index contributed by atoms with van der Waals surface area (Å²) in [6.07, 6.45) is 9.71. The summed E-state index contributed by atoms with van der Waals surface area (Å²) < 4.78 is 14.0. The van der Waals surface area contributed by atoms with Crippen LogP contribution < -0.4 is 21.3 Å². The first-order valence-electron chi connectivity index (χ1n) is 11.9. The molecule has 2 aliphatic rings. The molecule has 0 spiro atoms. The lowest BCUT2D eigenvalue weighted by molar-refractivity contribution is 0.373. The number of benzene rings is 1. The molecule has 2 atom stereocenters. The SMILES string of the molecule is CCC(Nc1nc(NCC2CCCCC2)nc(Nc2ccc(S)c(F)c2)n1)C1CCCN1. The van der Waals surface area contributed by atoms with Crippen LogP contribution in [0.1, 0.15) is 58.3 Å². The molecule has 174 valence electrons. The van der Waals surface area contributed by atoms with E-state index in [0.717, 1.165) is 25.9 Å². The maximum Gasteiger partial charge on any atom is 0.233 e. The van der Waals surface area contributed by atoms with Gasteiger partial charge in [-0.15, -0.1) is 12.6 Å². The number of hydrogen-bond donors (Lipinski definition) is 5. The highest BCUT2D eigenvalue weighted by molar-refractivity contribution is 7.80. The maximum absolute atomic E-state index is 14.0. The Bertz CT molecular complexity index is 885. The van der Waals surface area contributed by atoms with E-state index in [-0.39, 0.29) is 11.9 Å². The molecule has 1 saturated carbocycles. The lowest BCUT2D eigenvalue weighted by atomic mass is 9.89. The number of thiol groups is 1. The standard InChI is InChI=1S/C23H34FN7S/c1-2-18(19-9-6-12-25-19)28-23-30-21(26-14-15-7-4-3-5-8-15)29-22(31-23)27-16-10-11-20(32)17(24)13-16/h10-11,13,15,18-19,25,32H,2-9,12,14H2,1H3,(H3,26,27,28,29,30,31). The fraction of sp³-hybridized carbons (Fsp3) is 0.609. The van der Waals surface area contributed by atoms with Gasteiger partial charge in [-0.1, -0.05) is 26.2 Å². The van der Waals surface area contributed by atoms with E-state index >= 15 is 0 Å². The molecule has 9 heteroatoms. The number of aromatic nitrogens is 3. The average Bonchev–Trinajstić information content (AvgIpc) is 3.34. The Morgan fingerprint density at radius 1 is 1.06 bits per heavy atom. The number of rotatable bonds is 9. The van der Waals surface area contributed by atoms with Gasteiger partial charge in [0, 0.05) is 29.2 Å². The molecule has 1 aliphatic heterocycles. The van der Waals surface area contributed by atoms with Crippen LogP contribution in [0.25, 0.3) is 0 Å². The van der Waals surface area contributed by atoms with E-state index in [9.17, 15) is 4.39 Å². The Morgan fingerprint density at radius 2 is 1.84 bits per heavy atom. The Balaban J connectivity index is 1.52. The van der Waals surface area contributed by atoms with Crippen molar-refractivity contribution in [3.05, 3.63) is 24.0 Å². The van der Waals surface area contributed by atoms with Gasteiger partial charge in [0.1, 0.15) is 5.82 Å². The zero-order chi connectivity index (χ0) is 22.3. The molecule has 0 bridgehead atoms. The van der Waals surface area contributed by atoms with Crippen molar-refractivity contribution in [3.8, 4) is 0 Å². The summed E-state index contributed by atoms with van der Waals surface area (Å²) in [5.41, 5.74) is 0.570. The number of nitrogens with one attached hydrogen (secondary N) is 4. The topological polar surface area (TPSA) is 86.8 Å². The number of hydrogen-bond acceptors (Lipinski definition) is 8. The van der Waals surface area contributed by atoms with Gasteiger partial charge in [-0.05, 0) is 62.8 Å². The highest BCUT2D eigenvalue weighted by Crippen LogP contribution is 2.25. The molecular formula is C23H34FN7S. The van der Waals surface area contributed by atoms with Gasteiger partial charge in [0.2, 0.25) is 17.8 Å². The molecule has 2 unspecified atom stereocenters. The van der Waals surface area contributed by atoms with Gasteiger partial charge in [-0.3, -0.25) is 0 Å². The molecular weight excluding hydrogens is 425 g/mol. The molecule has 0 radical (unpaired) electrons. The minimum Gasteiger partial charge on any atom is -0.354 e. The van der Waals surface area contributed by atoms with E-state index in [1.54, 1.807) is 12.1 Å². The molecule has 2 aromatic rings. The Hall–Kier alpha value is -2.13. The number of halogens is 1. The molecule has 0 amide bonds. The first-order chi connectivity index (χ1) is 15.6. The van der Waals surface area contributed by atoms with Crippen LogP contribution in [0.5, 0.6) is 0 Å². The fourth-order valence-electron chi connectivity index (χ4n) is 4.62. The number of anilines is 4. The van der Waals surface area contributed by atoms with E-state index in [4.69, 9.17) is 0 Å². The van der Waals surface area contributed by atoms with Crippen molar-refractivity contribution in [2.24, 2.45) is 5.92 Å². The molecule has 1 aliphatic carbocycles. The third-order valence-electron chi connectivity index (χ3n) is 6.45. The van der Waals surface area contributed by atoms with Gasteiger partial charge in [0.25, 0.3) is 0 Å². The summed E-state index contributed by atoms with van der Waals surface area (Å²) in [4.78, 5) is 14.1. The summed E-state index contributed by atoms with van der Waals surface area (Å²) in [7, 11) is 0. The molecule has 1 aromatic heterocycles. The van der Waals surface area contributed by atoms with Crippen molar-refractivity contribution in [2.45, 2.75) is 75.3 Å². The summed E-state index contributed by atoms with van der Waals surface area (Å²) in [6, 6.07) is 5.41. The Morgan fingerprint density at radius 3 is 2.56 bits per heavy atom. The van der Waals surface area contributed by atoms with Crippen molar-refractivity contribution >= 4 is 36.2 Å². The normalized spacial score (nSPS) is 20.2. The van der Waals surface area contributed by atoms with Gasteiger partial charge in [-0.25, -0.2) is 4.39 Å². The van der Waals surface area contributed by atoms with Gasteiger partial charge in [0.05, 0.1) is 0 Å². The van der Waals surface area contributed by atoms with Crippen LogP contribution in [0, 0.1) is 11.7 Å². The molecule has 7 nitrogen and oxygen atoms in total. The lowest BCUT2D eigenvalue weighted by Gasteiger charge is -2.24. The average molecular weight is 460 g/mol. The quantitative estimate of drug-likeness (QED) is 0.338. The fourth-order valence-corrected chi connectivity index (χ4v) is 4.76. The van der Waals surface area contributed by atoms with Crippen LogP contribution in [-0.2, 0) is 0 Å². The van der Waals surface area contributed by atoms with Crippen LogP contribution in [0.3, 0.4) is 0 Å². The first-order valence-corrected chi connectivity index (χ1v) is 12.3. The van der Waals surface area contributed by atoms with E-state index in [0.29, 0.717) is 40.4 Å². The highest BCUT2D eigenvalue weighted by Gasteiger charge is 2.24. The van der Waals surface area contributed by atoms with Crippen molar-refractivity contribution in [3.63, 3.8) is 0 Å². The second-order valence-corrected chi connectivity index (χ2v) is 9.33. The Kier molecular flexibility index (Phi) is 8.02. The van der Waals surface area contributed by atoms with Gasteiger partial charge in [0.15, 0.2) is 0 Å². The zero-order valence-corrected chi connectivity index (χ0v) is 19.6. The van der Waals surface area contributed by atoms with E-state index in [2.05, 4.69) is 55.8 Å². The van der Waals surface area contributed by atoms with Crippen LogP contribution in [0.4, 0.5) is 27.9 Å². The second kappa shape index (κ2) is 11.1. The van der Waals surface area contributed by atoms with E-state index in [1.807, 2.05) is 0 Å². The summed E-state index contributed by atoms with van der Waals surface area (Å²) in [5, 5.41) is 13.6. The van der Waals surface area contributed by atoms with Crippen molar-refractivity contribution in [1.29, 1.82) is 0 Å². The predicted octanol–water partition coefficient (Wildman–Crippen LogP) is 4.98. The third-order valence-corrected chi connectivity index (χ3v) is 6.81. The summed E-state index contributed by atoms with van der Waals surface area (Å²) >= 11 is 4.10. The van der Waals surface area contributed by atoms with Gasteiger partial charge < -0.3 is 21.3 Å². The summed E-state index contributed by atoms with van der Waals surface area (Å²) in [5.74, 6) is 1.71. The zero-order valence-electron chi connectivity index (χ0n) is 18.7. The highest BCUT2D eigenvalue weighted by atomic mass is 32.1. The minimum absolute atomic E-state index is 0.236. The van der Waals surface area contributed by atoms with Crippen LogP contribution in [-0.4, -0.2) is 40.1 Å². The molecule has 2 fully saturated rings. The van der Waals surface area contributed by atoms with Crippen molar-refractivity contribution < 1.29 is 4.39 Å². The molecule has 2 heterocycles. The molecule has 1 saturated heterocycles. The predicted molar refractivity (Wildman–Crippen MR) is 131 cm³/mol. The minimum atomic E-state index is -0.389. The van der Waals surface area contributed by atoms with E-state index < -0.39 is 0 Å². The van der Waals surface area contributed by atoms with Crippen molar-refractivity contribution in [1.82, 2.24) is 20.3 Å².